The van der Waals surface area contributed by atoms with Gasteiger partial charge in [0.2, 0.25) is 0 Å². The van der Waals surface area contributed by atoms with Crippen molar-refractivity contribution in [3.8, 4) is 5.75 Å². The van der Waals surface area contributed by atoms with Gasteiger partial charge in [0.1, 0.15) is 11.4 Å². The predicted molar refractivity (Wildman–Crippen MR) is 73.6 cm³/mol. The molecule has 2 aliphatic heterocycles. The van der Waals surface area contributed by atoms with E-state index < -0.39 is 6.10 Å². The summed E-state index contributed by atoms with van der Waals surface area (Å²) in [6.07, 6.45) is 3.89. The molecule has 1 N–H and O–H groups in total. The van der Waals surface area contributed by atoms with Crippen molar-refractivity contribution in [1.82, 2.24) is 4.90 Å². The lowest BCUT2D eigenvalue weighted by Crippen LogP contribution is -2.44. The highest BCUT2D eigenvalue weighted by atomic mass is 35.5. The van der Waals surface area contributed by atoms with Gasteiger partial charge in [-0.3, -0.25) is 4.90 Å². The maximum Gasteiger partial charge on any atom is 0.126 e. The molecule has 0 bridgehead atoms. The van der Waals surface area contributed by atoms with Gasteiger partial charge < -0.3 is 9.84 Å². The standard InChI is InChI=1S/C15H18ClNO2/c16-10-1-4-14-12(7-10)13(18)8-15(19-14)5-6-17(9-15)11-2-3-11/h1,4,7,11,13,18H,2-3,5-6,8-9H2/t13-,15?/m0/s1. The summed E-state index contributed by atoms with van der Waals surface area (Å²) < 4.78 is 6.25. The van der Waals surface area contributed by atoms with E-state index in [1.807, 2.05) is 18.2 Å². The molecular formula is C15H18ClNO2. The van der Waals surface area contributed by atoms with Crippen LogP contribution in [0.5, 0.6) is 5.75 Å². The molecule has 2 heterocycles. The second kappa shape index (κ2) is 4.11. The van der Waals surface area contributed by atoms with E-state index in [9.17, 15) is 5.11 Å². The van der Waals surface area contributed by atoms with E-state index in [2.05, 4.69) is 4.90 Å². The molecule has 0 aromatic heterocycles. The van der Waals surface area contributed by atoms with E-state index in [-0.39, 0.29) is 5.60 Å². The SMILES string of the molecule is O[C@H]1CC2(CCN(C3CC3)C2)Oc2ccc(Cl)cc21. The number of benzene rings is 1. The average molecular weight is 280 g/mol. The average Bonchev–Trinajstić information content (AvgIpc) is 3.15. The summed E-state index contributed by atoms with van der Waals surface area (Å²) in [4.78, 5) is 2.52. The van der Waals surface area contributed by atoms with Gasteiger partial charge in [0.25, 0.3) is 0 Å². The van der Waals surface area contributed by atoms with Crippen molar-refractivity contribution in [2.45, 2.75) is 43.4 Å². The first-order chi connectivity index (χ1) is 9.15. The number of aliphatic hydroxyl groups is 1. The van der Waals surface area contributed by atoms with Gasteiger partial charge in [0, 0.05) is 42.6 Å². The Balaban J connectivity index is 1.62. The van der Waals surface area contributed by atoms with Crippen LogP contribution < -0.4 is 4.74 Å². The van der Waals surface area contributed by atoms with Crippen LogP contribution in [0.2, 0.25) is 5.02 Å². The highest BCUT2D eigenvalue weighted by Gasteiger charge is 2.48. The van der Waals surface area contributed by atoms with E-state index in [0.717, 1.165) is 36.9 Å². The molecule has 1 aromatic rings. The van der Waals surface area contributed by atoms with Crippen LogP contribution in [0.3, 0.4) is 0 Å². The van der Waals surface area contributed by atoms with Crippen LogP contribution >= 0.6 is 11.6 Å². The number of hydrogen-bond donors (Lipinski definition) is 1. The molecular weight excluding hydrogens is 262 g/mol. The molecule has 2 atom stereocenters. The topological polar surface area (TPSA) is 32.7 Å². The van der Waals surface area contributed by atoms with Crippen LogP contribution in [0.25, 0.3) is 0 Å². The number of rotatable bonds is 1. The molecule has 4 rings (SSSR count). The van der Waals surface area contributed by atoms with Gasteiger partial charge in [0.15, 0.2) is 0 Å². The highest BCUT2D eigenvalue weighted by Crippen LogP contribution is 2.46. The first kappa shape index (κ1) is 12.0. The van der Waals surface area contributed by atoms with Gasteiger partial charge in [-0.2, -0.15) is 0 Å². The Kier molecular flexibility index (Phi) is 2.60. The van der Waals surface area contributed by atoms with Crippen molar-refractivity contribution >= 4 is 11.6 Å². The minimum Gasteiger partial charge on any atom is -0.485 e. The maximum atomic E-state index is 10.4. The molecule has 0 amide bonds. The number of nitrogens with zero attached hydrogens (tertiary/aromatic N) is 1. The van der Waals surface area contributed by atoms with Gasteiger partial charge in [0.05, 0.1) is 6.10 Å². The predicted octanol–water partition coefficient (Wildman–Crippen LogP) is 2.76. The number of aliphatic hydroxyl groups excluding tert-OH is 1. The Labute approximate surface area is 118 Å². The van der Waals surface area contributed by atoms with Gasteiger partial charge in [-0.15, -0.1) is 0 Å². The van der Waals surface area contributed by atoms with Crippen molar-refractivity contribution in [2.75, 3.05) is 13.1 Å². The lowest BCUT2D eigenvalue weighted by molar-refractivity contribution is -0.00760. The Bertz CT molecular complexity index is 517. The number of ether oxygens (including phenoxy) is 1. The molecule has 3 nitrogen and oxygen atoms in total. The molecule has 102 valence electrons. The molecule has 1 saturated carbocycles. The molecule has 1 aliphatic carbocycles. The zero-order chi connectivity index (χ0) is 13.0. The molecule has 1 unspecified atom stereocenters. The van der Waals surface area contributed by atoms with Crippen molar-refractivity contribution in [1.29, 1.82) is 0 Å². The molecule has 4 heteroatoms. The minimum absolute atomic E-state index is 0.192. The van der Waals surface area contributed by atoms with Crippen molar-refractivity contribution in [2.24, 2.45) is 0 Å². The molecule has 19 heavy (non-hydrogen) atoms. The lowest BCUT2D eigenvalue weighted by Gasteiger charge is -2.38. The van der Waals surface area contributed by atoms with Crippen LogP contribution in [0, 0.1) is 0 Å². The third-order valence-corrected chi connectivity index (χ3v) is 4.87. The molecule has 2 fully saturated rings. The largest absolute Gasteiger partial charge is 0.485 e. The Hall–Kier alpha value is -0.770. The second-order valence-electron chi connectivity index (χ2n) is 6.14. The van der Waals surface area contributed by atoms with Gasteiger partial charge in [-0.25, -0.2) is 0 Å². The van der Waals surface area contributed by atoms with Crippen molar-refractivity contribution in [3.63, 3.8) is 0 Å². The number of hydrogen-bond acceptors (Lipinski definition) is 3. The van der Waals surface area contributed by atoms with Crippen molar-refractivity contribution < 1.29 is 9.84 Å². The maximum absolute atomic E-state index is 10.4. The second-order valence-corrected chi connectivity index (χ2v) is 6.58. The summed E-state index contributed by atoms with van der Waals surface area (Å²) >= 11 is 5.99. The van der Waals surface area contributed by atoms with E-state index >= 15 is 0 Å². The lowest BCUT2D eigenvalue weighted by atomic mass is 9.88. The summed E-state index contributed by atoms with van der Waals surface area (Å²) in [6, 6.07) is 6.32. The first-order valence-electron chi connectivity index (χ1n) is 7.06. The number of fused-ring (bicyclic) bond motifs is 1. The normalized spacial score (nSPS) is 34.3. The molecule has 1 aromatic carbocycles. The zero-order valence-electron chi connectivity index (χ0n) is 10.8. The van der Waals surface area contributed by atoms with Gasteiger partial charge >= 0.3 is 0 Å². The number of likely N-dealkylation sites (tertiary alicyclic amines) is 1. The van der Waals surface area contributed by atoms with Crippen LogP contribution in [0.1, 0.15) is 37.4 Å². The molecule has 3 aliphatic rings. The summed E-state index contributed by atoms with van der Waals surface area (Å²) in [5.74, 6) is 0.806. The fourth-order valence-electron chi connectivity index (χ4n) is 3.49. The Morgan fingerprint density at radius 1 is 1.37 bits per heavy atom. The van der Waals surface area contributed by atoms with Crippen molar-refractivity contribution in [3.05, 3.63) is 28.8 Å². The fourth-order valence-corrected chi connectivity index (χ4v) is 3.67. The van der Waals surface area contributed by atoms with Gasteiger partial charge in [-0.1, -0.05) is 11.6 Å². The quantitative estimate of drug-likeness (QED) is 0.858. The fraction of sp³-hybridized carbons (Fsp3) is 0.600. The third-order valence-electron chi connectivity index (χ3n) is 4.63. The third kappa shape index (κ3) is 2.04. The van der Waals surface area contributed by atoms with E-state index in [1.165, 1.54) is 12.8 Å². The van der Waals surface area contributed by atoms with Crippen LogP contribution in [-0.2, 0) is 0 Å². The molecule has 0 radical (unpaired) electrons. The van der Waals surface area contributed by atoms with Gasteiger partial charge in [-0.05, 0) is 31.0 Å². The summed E-state index contributed by atoms with van der Waals surface area (Å²) in [5, 5.41) is 11.1. The highest BCUT2D eigenvalue weighted by molar-refractivity contribution is 6.30. The smallest absolute Gasteiger partial charge is 0.126 e. The van der Waals surface area contributed by atoms with E-state index in [4.69, 9.17) is 16.3 Å². The molecule has 1 saturated heterocycles. The Morgan fingerprint density at radius 3 is 3.00 bits per heavy atom. The van der Waals surface area contributed by atoms with Crippen LogP contribution in [-0.4, -0.2) is 34.7 Å². The monoisotopic (exact) mass is 279 g/mol. The van der Waals surface area contributed by atoms with Crippen LogP contribution in [0.4, 0.5) is 0 Å². The van der Waals surface area contributed by atoms with Crippen LogP contribution in [0.15, 0.2) is 18.2 Å². The first-order valence-corrected chi connectivity index (χ1v) is 7.44. The van der Waals surface area contributed by atoms with E-state index in [0.29, 0.717) is 11.4 Å². The zero-order valence-corrected chi connectivity index (χ0v) is 11.6. The number of halogens is 1. The molecule has 1 spiro atoms. The summed E-state index contributed by atoms with van der Waals surface area (Å²) in [5.41, 5.74) is 0.644. The summed E-state index contributed by atoms with van der Waals surface area (Å²) in [7, 11) is 0. The minimum atomic E-state index is -0.457. The Morgan fingerprint density at radius 2 is 2.21 bits per heavy atom. The summed E-state index contributed by atoms with van der Waals surface area (Å²) in [6.45, 7) is 2.05. The van der Waals surface area contributed by atoms with E-state index in [1.54, 1.807) is 0 Å².